The van der Waals surface area contributed by atoms with Crippen LogP contribution in [-0.2, 0) is 17.8 Å². The summed E-state index contributed by atoms with van der Waals surface area (Å²) < 4.78 is 0. The van der Waals surface area contributed by atoms with Gasteiger partial charge in [-0.15, -0.1) is 11.8 Å². The first-order valence-electron chi connectivity index (χ1n) is 6.43. The van der Waals surface area contributed by atoms with E-state index in [0.717, 1.165) is 16.8 Å². The molecule has 0 spiro atoms. The molecule has 0 bridgehead atoms. The van der Waals surface area contributed by atoms with Crippen molar-refractivity contribution in [1.29, 1.82) is 0 Å². The molecule has 104 valence electrons. The van der Waals surface area contributed by atoms with Crippen LogP contribution in [0.3, 0.4) is 0 Å². The van der Waals surface area contributed by atoms with Gasteiger partial charge in [0.25, 0.3) is 0 Å². The van der Waals surface area contributed by atoms with Gasteiger partial charge in [-0.1, -0.05) is 24.3 Å². The minimum absolute atomic E-state index is 0.0252. The molecule has 0 aliphatic carbocycles. The summed E-state index contributed by atoms with van der Waals surface area (Å²) in [5.74, 6) is -0.0252. The maximum absolute atomic E-state index is 12.0. The van der Waals surface area contributed by atoms with Crippen molar-refractivity contribution in [1.82, 2.24) is 0 Å². The van der Waals surface area contributed by atoms with Gasteiger partial charge in [-0.25, -0.2) is 0 Å². The Morgan fingerprint density at radius 3 is 2.35 bits per heavy atom. The molecule has 0 saturated heterocycles. The molecule has 2 aromatic rings. The predicted octanol–water partition coefficient (Wildman–Crippen LogP) is 3.05. The lowest BCUT2D eigenvalue weighted by molar-refractivity contribution is -0.115. The number of nitrogens with one attached hydrogen (secondary N) is 1. The molecule has 3 N–H and O–H groups in total. The minimum Gasteiger partial charge on any atom is -0.326 e. The average molecular weight is 286 g/mol. The molecule has 1 amide bonds. The van der Waals surface area contributed by atoms with Gasteiger partial charge < -0.3 is 11.1 Å². The standard InChI is InChI=1S/C16H18N2OS/c1-20-15-8-6-14(7-9-15)18-16(19)10-12-4-2-3-5-13(12)11-17/h2-9H,10-11,17H2,1H3,(H,18,19). The number of nitrogens with two attached hydrogens (primary N) is 1. The van der Waals surface area contributed by atoms with E-state index in [1.54, 1.807) is 11.8 Å². The number of rotatable bonds is 5. The monoisotopic (exact) mass is 286 g/mol. The molecule has 2 aromatic carbocycles. The second-order valence-electron chi connectivity index (χ2n) is 4.43. The van der Waals surface area contributed by atoms with Crippen LogP contribution in [0.5, 0.6) is 0 Å². The fourth-order valence-electron chi connectivity index (χ4n) is 1.98. The Morgan fingerprint density at radius 2 is 1.75 bits per heavy atom. The Balaban J connectivity index is 2.01. The van der Waals surface area contributed by atoms with Crippen LogP contribution in [0.2, 0.25) is 0 Å². The maximum Gasteiger partial charge on any atom is 0.228 e. The van der Waals surface area contributed by atoms with E-state index in [9.17, 15) is 4.79 Å². The van der Waals surface area contributed by atoms with Gasteiger partial charge in [0, 0.05) is 17.1 Å². The molecule has 3 nitrogen and oxygen atoms in total. The lowest BCUT2D eigenvalue weighted by Gasteiger charge is -2.09. The van der Waals surface area contributed by atoms with E-state index in [1.807, 2.05) is 54.8 Å². The number of carbonyl (C=O) groups is 1. The molecule has 20 heavy (non-hydrogen) atoms. The molecule has 0 fully saturated rings. The second-order valence-corrected chi connectivity index (χ2v) is 5.31. The summed E-state index contributed by atoms with van der Waals surface area (Å²) in [6, 6.07) is 15.6. The third kappa shape index (κ3) is 3.85. The Morgan fingerprint density at radius 1 is 1.10 bits per heavy atom. The van der Waals surface area contributed by atoms with E-state index < -0.39 is 0 Å². The first-order chi connectivity index (χ1) is 9.72. The van der Waals surface area contributed by atoms with Gasteiger partial charge in [0.15, 0.2) is 0 Å². The van der Waals surface area contributed by atoms with Crippen molar-refractivity contribution >= 4 is 23.4 Å². The molecular formula is C16H18N2OS. The summed E-state index contributed by atoms with van der Waals surface area (Å²) in [5.41, 5.74) is 8.49. The smallest absolute Gasteiger partial charge is 0.228 e. The van der Waals surface area contributed by atoms with Gasteiger partial charge in [-0.3, -0.25) is 4.79 Å². The molecule has 0 unspecified atom stereocenters. The van der Waals surface area contributed by atoms with E-state index in [2.05, 4.69) is 5.32 Å². The van der Waals surface area contributed by atoms with Gasteiger partial charge in [0.2, 0.25) is 5.91 Å². The van der Waals surface area contributed by atoms with Crippen LogP contribution in [0.1, 0.15) is 11.1 Å². The van der Waals surface area contributed by atoms with E-state index in [4.69, 9.17) is 5.73 Å². The number of amides is 1. The van der Waals surface area contributed by atoms with Crippen molar-refractivity contribution in [2.45, 2.75) is 17.9 Å². The number of hydrogen-bond donors (Lipinski definition) is 2. The zero-order valence-corrected chi connectivity index (χ0v) is 12.2. The second kappa shape index (κ2) is 7.12. The van der Waals surface area contributed by atoms with Gasteiger partial charge in [-0.2, -0.15) is 0 Å². The highest BCUT2D eigenvalue weighted by molar-refractivity contribution is 7.98. The number of hydrogen-bond acceptors (Lipinski definition) is 3. The third-order valence-electron chi connectivity index (χ3n) is 3.06. The van der Waals surface area contributed by atoms with E-state index in [0.29, 0.717) is 13.0 Å². The van der Waals surface area contributed by atoms with Crippen LogP contribution in [-0.4, -0.2) is 12.2 Å². The van der Waals surface area contributed by atoms with Crippen LogP contribution in [0.25, 0.3) is 0 Å². The highest BCUT2D eigenvalue weighted by atomic mass is 32.2. The molecule has 0 aliphatic rings. The molecule has 0 saturated carbocycles. The van der Waals surface area contributed by atoms with Crippen LogP contribution in [0.4, 0.5) is 5.69 Å². The third-order valence-corrected chi connectivity index (χ3v) is 3.81. The maximum atomic E-state index is 12.0. The Kier molecular flexibility index (Phi) is 5.21. The Labute approximate surface area is 123 Å². The highest BCUT2D eigenvalue weighted by Gasteiger charge is 2.07. The summed E-state index contributed by atoms with van der Waals surface area (Å²) in [6.45, 7) is 0.450. The highest BCUT2D eigenvalue weighted by Crippen LogP contribution is 2.18. The first-order valence-corrected chi connectivity index (χ1v) is 7.66. The summed E-state index contributed by atoms with van der Waals surface area (Å²) in [4.78, 5) is 13.2. The van der Waals surface area contributed by atoms with Gasteiger partial charge >= 0.3 is 0 Å². The van der Waals surface area contributed by atoms with Crippen LogP contribution in [0.15, 0.2) is 53.4 Å². The number of thioether (sulfide) groups is 1. The Bertz CT molecular complexity index is 581. The van der Waals surface area contributed by atoms with Crippen molar-refractivity contribution in [3.8, 4) is 0 Å². The quantitative estimate of drug-likeness (QED) is 0.831. The van der Waals surface area contributed by atoms with Gasteiger partial charge in [0.1, 0.15) is 0 Å². The fraction of sp³-hybridized carbons (Fsp3) is 0.188. The van der Waals surface area contributed by atoms with Crippen LogP contribution in [0, 0.1) is 0 Å². The van der Waals surface area contributed by atoms with Crippen LogP contribution < -0.4 is 11.1 Å². The number of anilines is 1. The van der Waals surface area contributed by atoms with Gasteiger partial charge in [0.05, 0.1) is 6.42 Å². The summed E-state index contributed by atoms with van der Waals surface area (Å²) >= 11 is 1.68. The SMILES string of the molecule is CSc1ccc(NC(=O)Cc2ccccc2CN)cc1. The topological polar surface area (TPSA) is 55.1 Å². The van der Waals surface area contributed by atoms with E-state index in [-0.39, 0.29) is 5.91 Å². The van der Waals surface area contributed by atoms with Crippen molar-refractivity contribution < 1.29 is 4.79 Å². The lowest BCUT2D eigenvalue weighted by Crippen LogP contribution is -2.16. The summed E-state index contributed by atoms with van der Waals surface area (Å²) in [6.07, 6.45) is 2.37. The molecule has 0 aromatic heterocycles. The lowest BCUT2D eigenvalue weighted by atomic mass is 10.0. The van der Waals surface area contributed by atoms with Crippen molar-refractivity contribution in [2.24, 2.45) is 5.73 Å². The number of benzene rings is 2. The molecular weight excluding hydrogens is 268 g/mol. The zero-order chi connectivity index (χ0) is 14.4. The van der Waals surface area contributed by atoms with E-state index in [1.165, 1.54) is 4.90 Å². The molecule has 0 atom stereocenters. The number of carbonyl (C=O) groups excluding carboxylic acids is 1. The van der Waals surface area contributed by atoms with Crippen molar-refractivity contribution in [3.63, 3.8) is 0 Å². The van der Waals surface area contributed by atoms with Crippen LogP contribution >= 0.6 is 11.8 Å². The molecule has 0 heterocycles. The molecule has 0 radical (unpaired) electrons. The predicted molar refractivity (Wildman–Crippen MR) is 84.9 cm³/mol. The van der Waals surface area contributed by atoms with Crippen molar-refractivity contribution in [3.05, 3.63) is 59.7 Å². The first kappa shape index (κ1) is 14.6. The average Bonchev–Trinajstić information content (AvgIpc) is 2.48. The molecule has 2 rings (SSSR count). The van der Waals surface area contributed by atoms with Crippen molar-refractivity contribution in [2.75, 3.05) is 11.6 Å². The normalized spacial score (nSPS) is 10.3. The van der Waals surface area contributed by atoms with Gasteiger partial charge in [-0.05, 0) is 41.6 Å². The Hall–Kier alpha value is -1.78. The fourth-order valence-corrected chi connectivity index (χ4v) is 2.39. The largest absolute Gasteiger partial charge is 0.326 e. The molecule has 4 heteroatoms. The summed E-state index contributed by atoms with van der Waals surface area (Å²) in [5, 5.41) is 2.90. The molecule has 0 aliphatic heterocycles. The van der Waals surface area contributed by atoms with E-state index >= 15 is 0 Å². The summed E-state index contributed by atoms with van der Waals surface area (Å²) in [7, 11) is 0. The zero-order valence-electron chi connectivity index (χ0n) is 11.4. The minimum atomic E-state index is -0.0252.